The smallest absolute Gasteiger partial charge is 0.0517 e. The highest BCUT2D eigenvalue weighted by atomic mass is 32.2. The first-order chi connectivity index (χ1) is 9.49. The maximum absolute atomic E-state index is 12.7. The van der Waals surface area contributed by atoms with Crippen molar-refractivity contribution in [3.05, 3.63) is 35.9 Å². The maximum atomic E-state index is 12.7. The summed E-state index contributed by atoms with van der Waals surface area (Å²) in [4.78, 5) is 0. The Morgan fingerprint density at radius 1 is 1.05 bits per heavy atom. The molecule has 0 saturated carbocycles. The Kier molecular flexibility index (Phi) is 7.46. The Balaban J connectivity index is 2.90. The molecule has 1 aromatic carbocycles. The van der Waals surface area contributed by atoms with Gasteiger partial charge >= 0.3 is 0 Å². The third-order valence-corrected chi connectivity index (χ3v) is 6.20. The summed E-state index contributed by atoms with van der Waals surface area (Å²) in [6, 6.07) is 10.5. The van der Waals surface area contributed by atoms with Gasteiger partial charge in [-0.15, -0.1) is 0 Å². The molecular formula is C17H29NOS. The minimum atomic E-state index is -0.836. The summed E-state index contributed by atoms with van der Waals surface area (Å²) in [6.45, 7) is 11.6. The van der Waals surface area contributed by atoms with Gasteiger partial charge in [-0.1, -0.05) is 58.0 Å². The summed E-state index contributed by atoms with van der Waals surface area (Å²) in [6.07, 6.45) is 1.09. The van der Waals surface area contributed by atoms with E-state index in [2.05, 4.69) is 64.2 Å². The van der Waals surface area contributed by atoms with E-state index in [1.54, 1.807) is 0 Å². The molecule has 3 heteroatoms. The molecule has 20 heavy (non-hydrogen) atoms. The second-order valence-electron chi connectivity index (χ2n) is 5.83. The van der Waals surface area contributed by atoms with E-state index >= 15 is 0 Å². The summed E-state index contributed by atoms with van der Waals surface area (Å²) in [5.74, 6) is 0.445. The van der Waals surface area contributed by atoms with Crippen molar-refractivity contribution in [2.45, 2.75) is 57.6 Å². The number of rotatable bonds is 8. The van der Waals surface area contributed by atoms with Crippen molar-refractivity contribution in [3.63, 3.8) is 0 Å². The van der Waals surface area contributed by atoms with Gasteiger partial charge in [-0.05, 0) is 31.4 Å². The van der Waals surface area contributed by atoms with E-state index in [4.69, 9.17) is 0 Å². The van der Waals surface area contributed by atoms with Gasteiger partial charge in [-0.25, -0.2) is 0 Å². The number of nitrogens with one attached hydrogen (secondary N) is 1. The van der Waals surface area contributed by atoms with Crippen LogP contribution in [-0.2, 0) is 10.8 Å². The van der Waals surface area contributed by atoms with E-state index < -0.39 is 10.8 Å². The Bertz CT molecular complexity index is 405. The molecule has 0 bridgehead atoms. The fraction of sp³-hybridized carbons (Fsp3) is 0.647. The van der Waals surface area contributed by atoms with Crippen molar-refractivity contribution in [2.24, 2.45) is 5.92 Å². The van der Waals surface area contributed by atoms with Gasteiger partial charge in [0.2, 0.25) is 0 Å². The summed E-state index contributed by atoms with van der Waals surface area (Å²) in [5, 5.41) is 3.90. The zero-order chi connectivity index (χ0) is 15.1. The van der Waals surface area contributed by atoms with Crippen molar-refractivity contribution < 1.29 is 4.21 Å². The van der Waals surface area contributed by atoms with Gasteiger partial charge in [-0.2, -0.15) is 0 Å². The number of benzene rings is 1. The van der Waals surface area contributed by atoms with Crippen LogP contribution >= 0.6 is 0 Å². The molecule has 1 N–H and O–H groups in total. The van der Waals surface area contributed by atoms with Crippen LogP contribution in [0.3, 0.4) is 0 Å². The standard InChI is InChI=1S/C17H29NOS/c1-6-12-18-17(16-10-8-7-9-11-16)15(5)20(19)14(4)13(2)3/h7-11,13-15,17-18H,6,12H2,1-5H3. The zero-order valence-electron chi connectivity index (χ0n) is 13.4. The Labute approximate surface area is 126 Å². The molecule has 1 aromatic rings. The monoisotopic (exact) mass is 295 g/mol. The van der Waals surface area contributed by atoms with Crippen LogP contribution in [0.15, 0.2) is 30.3 Å². The van der Waals surface area contributed by atoms with Crippen molar-refractivity contribution in [1.82, 2.24) is 5.32 Å². The van der Waals surface area contributed by atoms with Crippen LogP contribution in [0.5, 0.6) is 0 Å². The fourth-order valence-electron chi connectivity index (χ4n) is 2.26. The molecule has 0 aliphatic rings. The predicted octanol–water partition coefficient (Wildman–Crippen LogP) is 3.91. The number of hydrogen-bond acceptors (Lipinski definition) is 2. The van der Waals surface area contributed by atoms with E-state index in [9.17, 15) is 4.21 Å². The molecule has 0 aliphatic heterocycles. The van der Waals surface area contributed by atoms with Gasteiger partial charge in [0.15, 0.2) is 0 Å². The maximum Gasteiger partial charge on any atom is 0.0517 e. The molecule has 0 heterocycles. The topological polar surface area (TPSA) is 29.1 Å². The minimum Gasteiger partial charge on any atom is -0.309 e. The highest BCUT2D eigenvalue weighted by Crippen LogP contribution is 2.24. The van der Waals surface area contributed by atoms with Crippen LogP contribution < -0.4 is 5.32 Å². The van der Waals surface area contributed by atoms with Gasteiger partial charge < -0.3 is 5.32 Å². The molecule has 1 rings (SSSR count). The largest absolute Gasteiger partial charge is 0.309 e. The lowest BCUT2D eigenvalue weighted by molar-refractivity contribution is 0.509. The van der Waals surface area contributed by atoms with E-state index in [-0.39, 0.29) is 16.5 Å². The van der Waals surface area contributed by atoms with Crippen LogP contribution in [0.25, 0.3) is 0 Å². The van der Waals surface area contributed by atoms with Gasteiger partial charge in [0, 0.05) is 22.1 Å². The lowest BCUT2D eigenvalue weighted by Crippen LogP contribution is -2.37. The van der Waals surface area contributed by atoms with Gasteiger partial charge in [-0.3, -0.25) is 4.21 Å². The van der Waals surface area contributed by atoms with E-state index in [0.29, 0.717) is 5.92 Å². The lowest BCUT2D eigenvalue weighted by Gasteiger charge is -2.28. The van der Waals surface area contributed by atoms with Crippen molar-refractivity contribution in [1.29, 1.82) is 0 Å². The molecule has 114 valence electrons. The number of hydrogen-bond donors (Lipinski definition) is 1. The van der Waals surface area contributed by atoms with Crippen LogP contribution in [0.4, 0.5) is 0 Å². The molecule has 4 atom stereocenters. The van der Waals surface area contributed by atoms with Crippen LogP contribution in [0.2, 0.25) is 0 Å². The van der Waals surface area contributed by atoms with Gasteiger partial charge in [0.1, 0.15) is 0 Å². The van der Waals surface area contributed by atoms with E-state index in [1.165, 1.54) is 5.56 Å². The third-order valence-electron chi connectivity index (χ3n) is 3.91. The molecular weight excluding hydrogens is 266 g/mol. The molecule has 0 spiro atoms. The van der Waals surface area contributed by atoms with E-state index in [1.807, 2.05) is 6.07 Å². The average molecular weight is 295 g/mol. The fourth-order valence-corrected chi connectivity index (χ4v) is 3.99. The molecule has 0 saturated heterocycles. The summed E-state index contributed by atoms with van der Waals surface area (Å²) in [5.41, 5.74) is 1.23. The molecule has 0 aliphatic carbocycles. The normalized spacial score (nSPS) is 17.7. The van der Waals surface area contributed by atoms with Gasteiger partial charge in [0.05, 0.1) is 5.25 Å². The Hall–Kier alpha value is -0.670. The highest BCUT2D eigenvalue weighted by molar-refractivity contribution is 7.86. The quantitative estimate of drug-likeness (QED) is 0.788. The van der Waals surface area contributed by atoms with E-state index in [0.717, 1.165) is 13.0 Å². The first-order valence-electron chi connectivity index (χ1n) is 7.66. The van der Waals surface area contributed by atoms with Crippen molar-refractivity contribution >= 4 is 10.8 Å². The van der Waals surface area contributed by atoms with Crippen molar-refractivity contribution in [2.75, 3.05) is 6.54 Å². The van der Waals surface area contributed by atoms with Crippen LogP contribution in [0.1, 0.15) is 52.6 Å². The SMILES string of the molecule is CCCNC(c1ccccc1)C(C)S(=O)C(C)C(C)C. The van der Waals surface area contributed by atoms with Crippen LogP contribution in [0, 0.1) is 5.92 Å². The first-order valence-corrected chi connectivity index (χ1v) is 8.94. The minimum absolute atomic E-state index is 0.112. The second-order valence-corrected chi connectivity index (χ2v) is 7.97. The first kappa shape index (κ1) is 17.4. The summed E-state index contributed by atoms with van der Waals surface area (Å²) in [7, 11) is -0.836. The molecule has 4 unspecified atom stereocenters. The van der Waals surface area contributed by atoms with Crippen molar-refractivity contribution in [3.8, 4) is 0 Å². The Morgan fingerprint density at radius 3 is 2.15 bits per heavy atom. The summed E-state index contributed by atoms with van der Waals surface area (Å²) < 4.78 is 12.7. The second kappa shape index (κ2) is 8.58. The Morgan fingerprint density at radius 2 is 1.65 bits per heavy atom. The molecule has 0 radical (unpaired) electrons. The van der Waals surface area contributed by atoms with Crippen LogP contribution in [-0.4, -0.2) is 21.3 Å². The summed E-state index contributed by atoms with van der Waals surface area (Å²) >= 11 is 0. The lowest BCUT2D eigenvalue weighted by atomic mass is 10.0. The predicted molar refractivity (Wildman–Crippen MR) is 89.4 cm³/mol. The van der Waals surface area contributed by atoms with Gasteiger partial charge in [0.25, 0.3) is 0 Å². The molecule has 0 amide bonds. The highest BCUT2D eigenvalue weighted by Gasteiger charge is 2.28. The molecule has 0 aromatic heterocycles. The molecule has 0 fully saturated rings. The molecule has 2 nitrogen and oxygen atoms in total. The zero-order valence-corrected chi connectivity index (χ0v) is 14.2. The average Bonchev–Trinajstić information content (AvgIpc) is 2.46. The third kappa shape index (κ3) is 4.71.